The number of anilines is 1. The number of primary amides is 1. The lowest BCUT2D eigenvalue weighted by Gasteiger charge is -2.40. The molecule has 4 aromatic rings. The Morgan fingerprint density at radius 1 is 1.18 bits per heavy atom. The predicted octanol–water partition coefficient (Wildman–Crippen LogP) is 3.78. The number of carbonyl (C=O) groups is 1. The highest BCUT2D eigenvalue weighted by Gasteiger charge is 2.35. The highest BCUT2D eigenvalue weighted by Crippen LogP contribution is 2.39. The van der Waals surface area contributed by atoms with E-state index in [-0.39, 0.29) is 29.0 Å². The smallest absolute Gasteiger partial charge is 0.312 e. The van der Waals surface area contributed by atoms with Crippen LogP contribution in [0.15, 0.2) is 42.5 Å². The molecule has 2 aromatic heterocycles. The van der Waals surface area contributed by atoms with Crippen molar-refractivity contribution in [1.82, 2.24) is 20.3 Å². The summed E-state index contributed by atoms with van der Waals surface area (Å²) >= 11 is 0. The number of carbonyl (C=O) groups excluding carboxylic acids is 1. The molecule has 0 spiro atoms. The van der Waals surface area contributed by atoms with E-state index < -0.39 is 17.7 Å². The van der Waals surface area contributed by atoms with E-state index in [1.165, 1.54) is 7.11 Å². The molecule has 0 bridgehead atoms. The Hall–Kier alpha value is -3.95. The van der Waals surface area contributed by atoms with Crippen LogP contribution in [-0.2, 0) is 0 Å². The van der Waals surface area contributed by atoms with Crippen molar-refractivity contribution in [3.8, 4) is 5.88 Å². The fraction of sp³-hybridized carbons (Fsp3) is 0.261. The van der Waals surface area contributed by atoms with Gasteiger partial charge in [-0.25, -0.2) is 23.5 Å². The minimum Gasteiger partial charge on any atom is -0.480 e. The number of aromatic amines is 1. The summed E-state index contributed by atoms with van der Waals surface area (Å²) < 4.78 is 33.2. The number of fused-ring (bicyclic) bond motifs is 2. The number of para-hydroxylation sites is 1. The Labute approximate surface area is 187 Å². The average molecular weight is 452 g/mol. The molecule has 1 fully saturated rings. The van der Waals surface area contributed by atoms with Gasteiger partial charge in [-0.05, 0) is 25.0 Å². The van der Waals surface area contributed by atoms with E-state index in [2.05, 4.69) is 25.2 Å². The zero-order chi connectivity index (χ0) is 23.1. The Balaban J connectivity index is 1.63. The zero-order valence-electron chi connectivity index (χ0n) is 17.8. The number of nitrogens with zero attached hydrogens (tertiary/aromatic N) is 3. The fourth-order valence-electron chi connectivity index (χ4n) is 4.47. The molecule has 8 nitrogen and oxygen atoms in total. The molecule has 0 radical (unpaired) electrons. The SMILES string of the molecule is COc1nc2cc(F)c(F)cc2nc1C1CC(NC(N)=O)CCN1c1cc2ccccc2[nH]1. The molecule has 2 unspecified atom stereocenters. The number of benzene rings is 2. The molecule has 3 heterocycles. The van der Waals surface area contributed by atoms with Crippen molar-refractivity contribution in [1.29, 1.82) is 0 Å². The van der Waals surface area contributed by atoms with E-state index in [0.29, 0.717) is 25.1 Å². The number of ether oxygens (including phenoxy) is 1. The standard InChI is InChI=1S/C23H22F2N6O2/c1-33-22-21(29-17-10-14(24)15(25)11-18(17)30-22)19-9-13(27-23(26)32)6-7-31(19)20-8-12-4-2-3-5-16(12)28-20/h2-5,8,10-11,13,19,28H,6-7,9H2,1H3,(H3,26,27,32). The van der Waals surface area contributed by atoms with Gasteiger partial charge in [0.05, 0.1) is 24.2 Å². The van der Waals surface area contributed by atoms with Crippen LogP contribution >= 0.6 is 0 Å². The van der Waals surface area contributed by atoms with Gasteiger partial charge in [-0.3, -0.25) is 0 Å². The summed E-state index contributed by atoms with van der Waals surface area (Å²) in [5.74, 6) is -0.931. The van der Waals surface area contributed by atoms with Crippen molar-refractivity contribution in [3.63, 3.8) is 0 Å². The molecule has 10 heteroatoms. The number of halogens is 2. The highest BCUT2D eigenvalue weighted by molar-refractivity contribution is 5.84. The molecule has 2 amide bonds. The van der Waals surface area contributed by atoms with Crippen LogP contribution in [0.5, 0.6) is 5.88 Å². The van der Waals surface area contributed by atoms with Crippen LogP contribution in [0.4, 0.5) is 19.4 Å². The maximum atomic E-state index is 13.9. The van der Waals surface area contributed by atoms with Crippen molar-refractivity contribution in [3.05, 3.63) is 59.8 Å². The zero-order valence-corrected chi connectivity index (χ0v) is 17.8. The summed E-state index contributed by atoms with van der Waals surface area (Å²) in [4.78, 5) is 26.1. The van der Waals surface area contributed by atoms with Gasteiger partial charge < -0.3 is 25.7 Å². The largest absolute Gasteiger partial charge is 0.480 e. The van der Waals surface area contributed by atoms with Crippen molar-refractivity contribution in [2.24, 2.45) is 5.73 Å². The van der Waals surface area contributed by atoms with Gasteiger partial charge in [0, 0.05) is 35.6 Å². The molecule has 170 valence electrons. The fourth-order valence-corrected chi connectivity index (χ4v) is 4.47. The van der Waals surface area contributed by atoms with Gasteiger partial charge in [-0.1, -0.05) is 18.2 Å². The summed E-state index contributed by atoms with van der Waals surface area (Å²) in [5.41, 5.74) is 7.22. The van der Waals surface area contributed by atoms with Crippen LogP contribution in [0.25, 0.3) is 21.9 Å². The maximum Gasteiger partial charge on any atom is 0.312 e. The van der Waals surface area contributed by atoms with Crippen molar-refractivity contribution < 1.29 is 18.3 Å². The molecular formula is C23H22F2N6O2. The number of methoxy groups -OCH3 is 1. The molecule has 2 aromatic carbocycles. The van der Waals surface area contributed by atoms with Crippen LogP contribution in [0, 0.1) is 11.6 Å². The quantitative estimate of drug-likeness (QED) is 0.437. The number of piperidine rings is 1. The Bertz CT molecular complexity index is 1320. The van der Waals surface area contributed by atoms with Crippen molar-refractivity contribution in [2.45, 2.75) is 24.9 Å². The summed E-state index contributed by atoms with van der Waals surface area (Å²) in [6.07, 6.45) is 1.14. The van der Waals surface area contributed by atoms with Gasteiger partial charge in [-0.15, -0.1) is 0 Å². The van der Waals surface area contributed by atoms with E-state index >= 15 is 0 Å². The third-order valence-corrected chi connectivity index (χ3v) is 5.98. The monoisotopic (exact) mass is 452 g/mol. The van der Waals surface area contributed by atoms with Gasteiger partial charge in [0.25, 0.3) is 0 Å². The minimum absolute atomic E-state index is 0.189. The normalized spacial score (nSPS) is 18.6. The molecule has 5 rings (SSSR count). The number of H-pyrrole nitrogens is 1. The molecule has 4 N–H and O–H groups in total. The highest BCUT2D eigenvalue weighted by atomic mass is 19.2. The molecule has 33 heavy (non-hydrogen) atoms. The van der Waals surface area contributed by atoms with Gasteiger partial charge >= 0.3 is 6.03 Å². The van der Waals surface area contributed by atoms with Crippen LogP contribution in [0.3, 0.4) is 0 Å². The summed E-state index contributed by atoms with van der Waals surface area (Å²) in [5, 5.41) is 3.83. The van der Waals surface area contributed by atoms with Crippen LogP contribution in [0.1, 0.15) is 24.6 Å². The molecule has 1 aliphatic heterocycles. The predicted molar refractivity (Wildman–Crippen MR) is 120 cm³/mol. The van der Waals surface area contributed by atoms with Crippen molar-refractivity contribution >= 4 is 33.8 Å². The Morgan fingerprint density at radius 3 is 2.61 bits per heavy atom. The lowest BCUT2D eigenvalue weighted by Crippen LogP contribution is -2.48. The lowest BCUT2D eigenvalue weighted by atomic mass is 9.94. The number of nitrogens with one attached hydrogen (secondary N) is 2. The van der Waals surface area contributed by atoms with Crippen LogP contribution in [0.2, 0.25) is 0 Å². The third kappa shape index (κ3) is 3.88. The third-order valence-electron chi connectivity index (χ3n) is 5.98. The van der Waals surface area contributed by atoms with E-state index in [1.54, 1.807) is 0 Å². The second kappa shape index (κ2) is 8.19. The molecule has 1 aliphatic rings. The van der Waals surface area contributed by atoms with Gasteiger partial charge in [-0.2, -0.15) is 0 Å². The summed E-state index contributed by atoms with van der Waals surface area (Å²) in [6, 6.07) is 10.8. The molecule has 2 atom stereocenters. The van der Waals surface area contributed by atoms with Gasteiger partial charge in [0.1, 0.15) is 11.5 Å². The minimum atomic E-state index is -1.00. The number of rotatable bonds is 4. The first-order chi connectivity index (χ1) is 15.9. The molecule has 1 saturated heterocycles. The summed E-state index contributed by atoms with van der Waals surface area (Å²) in [6.45, 7) is 0.586. The first-order valence-corrected chi connectivity index (χ1v) is 10.5. The molecule has 0 saturated carbocycles. The maximum absolute atomic E-state index is 13.9. The number of amides is 2. The topological polar surface area (TPSA) is 109 Å². The molecule has 0 aliphatic carbocycles. The number of urea groups is 1. The second-order valence-corrected chi connectivity index (χ2v) is 8.05. The van der Waals surface area contributed by atoms with E-state index in [1.807, 2.05) is 30.3 Å². The first kappa shape index (κ1) is 20.9. The average Bonchev–Trinajstić information content (AvgIpc) is 3.23. The van der Waals surface area contributed by atoms with Crippen LogP contribution < -0.4 is 20.7 Å². The van der Waals surface area contributed by atoms with Gasteiger partial charge in [0.15, 0.2) is 11.6 Å². The number of aromatic nitrogens is 3. The Kier molecular flexibility index (Phi) is 5.20. The number of hydrogen-bond acceptors (Lipinski definition) is 5. The van der Waals surface area contributed by atoms with Crippen molar-refractivity contribution in [2.75, 3.05) is 18.6 Å². The van der Waals surface area contributed by atoms with E-state index in [0.717, 1.165) is 28.9 Å². The van der Waals surface area contributed by atoms with E-state index in [9.17, 15) is 13.6 Å². The second-order valence-electron chi connectivity index (χ2n) is 8.05. The summed E-state index contributed by atoms with van der Waals surface area (Å²) in [7, 11) is 1.45. The van der Waals surface area contributed by atoms with Crippen LogP contribution in [-0.4, -0.2) is 40.7 Å². The Morgan fingerprint density at radius 2 is 1.91 bits per heavy atom. The number of hydrogen-bond donors (Lipinski definition) is 3. The molecular weight excluding hydrogens is 430 g/mol. The number of nitrogens with two attached hydrogens (primary N) is 1. The lowest BCUT2D eigenvalue weighted by molar-refractivity contribution is 0.240. The first-order valence-electron chi connectivity index (χ1n) is 10.5. The van der Waals surface area contributed by atoms with E-state index in [4.69, 9.17) is 10.5 Å². The van der Waals surface area contributed by atoms with Gasteiger partial charge in [0.2, 0.25) is 5.88 Å².